The summed E-state index contributed by atoms with van der Waals surface area (Å²) < 4.78 is 28.6. The molecule has 2 saturated heterocycles. The molecule has 37 heavy (non-hydrogen) atoms. The number of carbonyl (C=O) groups excluding carboxylic acids is 3. The predicted molar refractivity (Wildman–Crippen MR) is 137 cm³/mol. The Kier molecular flexibility index (Phi) is 11.0. The van der Waals surface area contributed by atoms with E-state index in [2.05, 4.69) is 25.8 Å². The monoisotopic (exact) mass is 560 g/mol. The number of benzene rings is 1. The van der Waals surface area contributed by atoms with E-state index >= 15 is 0 Å². The quantitative estimate of drug-likeness (QED) is 0.108. The van der Waals surface area contributed by atoms with Crippen molar-refractivity contribution in [3.8, 4) is 5.75 Å². The Labute approximate surface area is 219 Å². The van der Waals surface area contributed by atoms with E-state index in [9.17, 15) is 23.3 Å². The first kappa shape index (κ1) is 29.2. The van der Waals surface area contributed by atoms with Gasteiger partial charge in [-0.2, -0.15) is 11.8 Å². The Balaban J connectivity index is 1.21. The molecule has 0 aliphatic carbocycles. The van der Waals surface area contributed by atoms with Gasteiger partial charge >= 0.3 is 13.9 Å². The van der Waals surface area contributed by atoms with E-state index in [1.54, 1.807) is 0 Å². The van der Waals surface area contributed by atoms with Crippen LogP contribution >= 0.6 is 19.6 Å². The van der Waals surface area contributed by atoms with Crippen molar-refractivity contribution >= 4 is 37.4 Å². The molecular formula is C23H34FN4O7PS. The maximum Gasteiger partial charge on any atom is 0.524 e. The molecule has 0 aromatic heterocycles. The first-order valence-electron chi connectivity index (χ1n) is 12.3. The van der Waals surface area contributed by atoms with Crippen LogP contribution in [0.1, 0.15) is 60.9 Å². The van der Waals surface area contributed by atoms with Gasteiger partial charge in [-0.25, -0.2) is 13.8 Å². The first-order chi connectivity index (χ1) is 17.7. The number of nitrogens with one attached hydrogen (secondary N) is 4. The van der Waals surface area contributed by atoms with Gasteiger partial charge in [0.15, 0.2) is 0 Å². The molecule has 11 nitrogen and oxygen atoms in total. The summed E-state index contributed by atoms with van der Waals surface area (Å²) in [6.07, 6.45) is 5.48. The van der Waals surface area contributed by atoms with Crippen LogP contribution in [0.15, 0.2) is 18.2 Å². The standard InChI is InChI=1S/C23H34FN4O7PS/c24-13-16-12-15(8-9-18(16)35-36(32,33)34)22(30)26-11-5-1-4-10-25-20(29)7-3-2-6-19-21-17(14-37-19)27-23(31)28-21/h8-9,12,17,19,21H,1-7,10-11,13-14H2,(H,25,29)(H,26,30)(H2,27,28,31)(H2,32,33,34). The number of halogens is 1. The zero-order chi connectivity index (χ0) is 26.8. The number of amides is 4. The Hall–Kier alpha value is -2.34. The Morgan fingerprint density at radius 1 is 1.11 bits per heavy atom. The summed E-state index contributed by atoms with van der Waals surface area (Å²) in [5, 5.41) is 11.9. The highest BCUT2D eigenvalue weighted by molar-refractivity contribution is 8.00. The molecule has 14 heteroatoms. The van der Waals surface area contributed by atoms with Crippen LogP contribution in [0.2, 0.25) is 0 Å². The van der Waals surface area contributed by atoms with Gasteiger partial charge in [-0.1, -0.05) is 6.42 Å². The summed E-state index contributed by atoms with van der Waals surface area (Å²) in [7, 11) is -4.83. The van der Waals surface area contributed by atoms with Crippen LogP contribution in [0.5, 0.6) is 5.75 Å². The summed E-state index contributed by atoms with van der Waals surface area (Å²) in [6, 6.07) is 3.99. The van der Waals surface area contributed by atoms with Gasteiger partial charge in [0.2, 0.25) is 5.91 Å². The number of thioether (sulfide) groups is 1. The van der Waals surface area contributed by atoms with Gasteiger partial charge in [-0.15, -0.1) is 0 Å². The van der Waals surface area contributed by atoms with Gasteiger partial charge in [0.05, 0.1) is 12.1 Å². The van der Waals surface area contributed by atoms with Gasteiger partial charge in [-0.3, -0.25) is 19.4 Å². The van der Waals surface area contributed by atoms with Crippen LogP contribution < -0.4 is 25.8 Å². The minimum absolute atomic E-state index is 0.0240. The summed E-state index contributed by atoms with van der Waals surface area (Å²) in [6.45, 7) is -0.0803. The molecule has 0 spiro atoms. The van der Waals surface area contributed by atoms with Crippen LogP contribution in [-0.4, -0.2) is 63.8 Å². The molecule has 1 aromatic rings. The lowest BCUT2D eigenvalue weighted by Crippen LogP contribution is -2.36. The molecule has 0 radical (unpaired) electrons. The van der Waals surface area contributed by atoms with Crippen LogP contribution in [-0.2, 0) is 16.0 Å². The average molecular weight is 561 g/mol. The molecule has 4 amide bonds. The fourth-order valence-corrected chi connectivity index (χ4v) is 6.34. The molecule has 6 N–H and O–H groups in total. The van der Waals surface area contributed by atoms with Crippen molar-refractivity contribution in [2.24, 2.45) is 0 Å². The second-order valence-electron chi connectivity index (χ2n) is 9.07. The molecular weight excluding hydrogens is 526 g/mol. The maximum absolute atomic E-state index is 13.2. The number of carbonyl (C=O) groups is 3. The highest BCUT2D eigenvalue weighted by Crippen LogP contribution is 2.39. The van der Waals surface area contributed by atoms with Gasteiger partial charge in [-0.05, 0) is 50.3 Å². The summed E-state index contributed by atoms with van der Waals surface area (Å²) in [5.41, 5.74) is 0.0337. The lowest BCUT2D eigenvalue weighted by atomic mass is 10.0. The van der Waals surface area contributed by atoms with E-state index in [0.717, 1.165) is 43.9 Å². The third-order valence-electron chi connectivity index (χ3n) is 6.23. The summed E-state index contributed by atoms with van der Waals surface area (Å²) in [4.78, 5) is 53.5. The first-order valence-corrected chi connectivity index (χ1v) is 14.9. The number of phosphoric ester groups is 1. The zero-order valence-electron chi connectivity index (χ0n) is 20.4. The van der Waals surface area contributed by atoms with Crippen molar-refractivity contribution in [2.45, 2.75) is 69.0 Å². The second-order valence-corrected chi connectivity index (χ2v) is 11.5. The van der Waals surface area contributed by atoms with Crippen LogP contribution in [0, 0.1) is 0 Å². The van der Waals surface area contributed by atoms with E-state index in [4.69, 9.17) is 9.79 Å². The molecule has 3 rings (SSSR count). The molecule has 1 aromatic carbocycles. The van der Waals surface area contributed by atoms with Crippen molar-refractivity contribution in [3.05, 3.63) is 29.3 Å². The second kappa shape index (κ2) is 14.0. The van der Waals surface area contributed by atoms with Gasteiger partial charge < -0.3 is 25.8 Å². The van der Waals surface area contributed by atoms with E-state index in [1.807, 2.05) is 11.8 Å². The van der Waals surface area contributed by atoms with Gasteiger partial charge in [0, 0.05) is 41.6 Å². The van der Waals surface area contributed by atoms with E-state index < -0.39 is 20.4 Å². The van der Waals surface area contributed by atoms with Crippen LogP contribution in [0.4, 0.5) is 9.18 Å². The molecule has 3 unspecified atom stereocenters. The summed E-state index contributed by atoms with van der Waals surface area (Å²) in [5.74, 6) is 0.222. The normalized spacial score (nSPS) is 20.6. The van der Waals surface area contributed by atoms with E-state index in [-0.39, 0.29) is 40.9 Å². The number of fused-ring (bicyclic) bond motifs is 1. The molecule has 3 atom stereocenters. The zero-order valence-corrected chi connectivity index (χ0v) is 22.1. The SMILES string of the molecule is O=C(CCCCC1SCC2NC(=O)NC21)NCCCCCNC(=O)c1ccc(OP(=O)(O)O)c(CF)c1. The summed E-state index contributed by atoms with van der Waals surface area (Å²) >= 11 is 1.87. The molecule has 206 valence electrons. The smallest absolute Gasteiger partial charge is 0.404 e. The fraction of sp³-hybridized carbons (Fsp3) is 0.609. The molecule has 2 aliphatic rings. The third-order valence-corrected chi connectivity index (χ3v) is 8.17. The van der Waals surface area contributed by atoms with Crippen molar-refractivity contribution < 1.29 is 37.6 Å². The minimum atomic E-state index is -4.83. The van der Waals surface area contributed by atoms with Crippen molar-refractivity contribution in [1.82, 2.24) is 21.3 Å². The number of phosphoric acid groups is 1. The molecule has 0 bridgehead atoms. The number of unbranched alkanes of at least 4 members (excludes halogenated alkanes) is 3. The molecule has 2 heterocycles. The number of hydrogen-bond acceptors (Lipinski definition) is 6. The van der Waals surface area contributed by atoms with E-state index in [0.29, 0.717) is 31.2 Å². The maximum atomic E-state index is 13.2. The minimum Gasteiger partial charge on any atom is -0.404 e. The average Bonchev–Trinajstić information content (AvgIpc) is 3.39. The predicted octanol–water partition coefficient (Wildman–Crippen LogP) is 2.37. The van der Waals surface area contributed by atoms with Crippen molar-refractivity contribution in [3.63, 3.8) is 0 Å². The molecule has 2 fully saturated rings. The molecule has 2 aliphatic heterocycles. The Morgan fingerprint density at radius 3 is 2.59 bits per heavy atom. The third kappa shape index (κ3) is 9.48. The fourth-order valence-electron chi connectivity index (χ4n) is 4.36. The largest absolute Gasteiger partial charge is 0.524 e. The van der Waals surface area contributed by atoms with Crippen molar-refractivity contribution in [2.75, 3.05) is 18.8 Å². The van der Waals surface area contributed by atoms with Gasteiger partial charge in [0.1, 0.15) is 12.4 Å². The Morgan fingerprint density at radius 2 is 1.86 bits per heavy atom. The Bertz CT molecular complexity index is 1010. The lowest BCUT2D eigenvalue weighted by molar-refractivity contribution is -0.121. The number of alkyl halides is 1. The van der Waals surface area contributed by atoms with Crippen LogP contribution in [0.3, 0.4) is 0 Å². The number of urea groups is 1. The number of rotatable bonds is 15. The lowest BCUT2D eigenvalue weighted by Gasteiger charge is -2.16. The molecule has 0 saturated carbocycles. The van der Waals surface area contributed by atoms with Crippen LogP contribution in [0.25, 0.3) is 0 Å². The number of hydrogen-bond donors (Lipinski definition) is 6. The van der Waals surface area contributed by atoms with Crippen molar-refractivity contribution in [1.29, 1.82) is 0 Å². The highest BCUT2D eigenvalue weighted by Gasteiger charge is 2.42. The highest BCUT2D eigenvalue weighted by atomic mass is 32.2. The van der Waals surface area contributed by atoms with Gasteiger partial charge in [0.25, 0.3) is 5.91 Å². The van der Waals surface area contributed by atoms with E-state index in [1.165, 1.54) is 12.1 Å². The topological polar surface area (TPSA) is 166 Å².